The van der Waals surface area contributed by atoms with Crippen LogP contribution in [0, 0.1) is 5.41 Å². The topological polar surface area (TPSA) is 56.7 Å². The van der Waals surface area contributed by atoms with Gasteiger partial charge < -0.3 is 14.9 Å². The molecule has 0 aromatic carbocycles. The van der Waals surface area contributed by atoms with E-state index in [4.69, 9.17) is 5.11 Å². The standard InChI is InChI=1S/C15H21N3O2/c19-14(20)18-11-5-15(6-12-18)3-9-17(10-4-15)13-1-7-16-8-2-13/h1-2,7-8H,3-6,9-12H2,(H,19,20). The number of carboxylic acid groups (broad SMARTS) is 1. The lowest BCUT2D eigenvalue weighted by molar-refractivity contribution is 0.0736. The van der Waals surface area contributed by atoms with Crippen molar-refractivity contribution in [3.8, 4) is 0 Å². The number of carbonyl (C=O) groups is 1. The van der Waals surface area contributed by atoms with Crippen LogP contribution in [0.1, 0.15) is 25.7 Å². The lowest BCUT2D eigenvalue weighted by Crippen LogP contribution is -2.48. The lowest BCUT2D eigenvalue weighted by atomic mass is 9.71. The highest BCUT2D eigenvalue weighted by atomic mass is 16.4. The van der Waals surface area contributed by atoms with Crippen LogP contribution in [-0.2, 0) is 0 Å². The van der Waals surface area contributed by atoms with Crippen LogP contribution in [-0.4, -0.2) is 47.3 Å². The highest BCUT2D eigenvalue weighted by Crippen LogP contribution is 2.41. The maximum Gasteiger partial charge on any atom is 0.407 e. The second-order valence-corrected chi connectivity index (χ2v) is 5.96. The molecule has 3 rings (SSSR count). The minimum atomic E-state index is -0.769. The molecular weight excluding hydrogens is 254 g/mol. The van der Waals surface area contributed by atoms with E-state index in [9.17, 15) is 4.79 Å². The number of amides is 1. The Hall–Kier alpha value is -1.78. The second-order valence-electron chi connectivity index (χ2n) is 5.96. The molecule has 0 radical (unpaired) electrons. The molecule has 2 fully saturated rings. The molecule has 3 heterocycles. The van der Waals surface area contributed by atoms with Crippen LogP contribution >= 0.6 is 0 Å². The summed E-state index contributed by atoms with van der Waals surface area (Å²) in [6.45, 7) is 3.53. The van der Waals surface area contributed by atoms with Crippen molar-refractivity contribution >= 4 is 11.8 Å². The average molecular weight is 275 g/mol. The highest BCUT2D eigenvalue weighted by molar-refractivity contribution is 5.65. The van der Waals surface area contributed by atoms with Crippen molar-refractivity contribution in [3.63, 3.8) is 0 Å². The third-order valence-electron chi connectivity index (χ3n) is 4.95. The smallest absolute Gasteiger partial charge is 0.407 e. The Morgan fingerprint density at radius 1 is 1.05 bits per heavy atom. The van der Waals surface area contributed by atoms with E-state index in [-0.39, 0.29) is 0 Å². The number of hydrogen-bond donors (Lipinski definition) is 1. The minimum absolute atomic E-state index is 0.371. The Morgan fingerprint density at radius 3 is 2.15 bits per heavy atom. The molecule has 0 bridgehead atoms. The van der Waals surface area contributed by atoms with Crippen LogP contribution in [0.5, 0.6) is 0 Å². The molecule has 5 nitrogen and oxygen atoms in total. The van der Waals surface area contributed by atoms with E-state index in [2.05, 4.69) is 22.0 Å². The molecule has 2 aliphatic heterocycles. The number of nitrogens with zero attached hydrogens (tertiary/aromatic N) is 3. The summed E-state index contributed by atoms with van der Waals surface area (Å²) in [6.07, 6.45) is 7.28. The summed E-state index contributed by atoms with van der Waals surface area (Å²) in [5.74, 6) is 0. The van der Waals surface area contributed by atoms with E-state index in [1.165, 1.54) is 18.5 Å². The summed E-state index contributed by atoms with van der Waals surface area (Å²) in [5, 5.41) is 9.03. The molecule has 20 heavy (non-hydrogen) atoms. The van der Waals surface area contributed by atoms with Crippen LogP contribution in [0.4, 0.5) is 10.5 Å². The summed E-state index contributed by atoms with van der Waals surface area (Å²) in [5.41, 5.74) is 1.62. The number of hydrogen-bond acceptors (Lipinski definition) is 3. The maximum atomic E-state index is 11.0. The number of piperidine rings is 2. The number of pyridine rings is 1. The first kappa shape index (κ1) is 13.2. The van der Waals surface area contributed by atoms with E-state index in [1.807, 2.05) is 12.4 Å². The van der Waals surface area contributed by atoms with Crippen molar-refractivity contribution in [3.05, 3.63) is 24.5 Å². The average Bonchev–Trinajstić information content (AvgIpc) is 2.49. The Bertz CT molecular complexity index is 459. The van der Waals surface area contributed by atoms with E-state index >= 15 is 0 Å². The molecule has 2 aliphatic rings. The molecule has 5 heteroatoms. The van der Waals surface area contributed by atoms with Crippen LogP contribution in [0.3, 0.4) is 0 Å². The van der Waals surface area contributed by atoms with Gasteiger partial charge in [-0.3, -0.25) is 4.98 Å². The molecule has 0 atom stereocenters. The van der Waals surface area contributed by atoms with Crippen LogP contribution in [0.2, 0.25) is 0 Å². The van der Waals surface area contributed by atoms with Gasteiger partial charge in [0.05, 0.1) is 0 Å². The number of likely N-dealkylation sites (tertiary alicyclic amines) is 1. The third-order valence-corrected chi connectivity index (χ3v) is 4.95. The summed E-state index contributed by atoms with van der Waals surface area (Å²) < 4.78 is 0. The fourth-order valence-electron chi connectivity index (χ4n) is 3.47. The van der Waals surface area contributed by atoms with Crippen molar-refractivity contribution in [2.45, 2.75) is 25.7 Å². The lowest BCUT2D eigenvalue weighted by Gasteiger charge is -2.46. The van der Waals surface area contributed by atoms with Crippen molar-refractivity contribution in [1.29, 1.82) is 0 Å². The van der Waals surface area contributed by atoms with Gasteiger partial charge in [-0.05, 0) is 43.2 Å². The zero-order chi connectivity index (χ0) is 14.0. The van der Waals surface area contributed by atoms with Gasteiger partial charge in [0, 0.05) is 44.3 Å². The van der Waals surface area contributed by atoms with Gasteiger partial charge in [-0.15, -0.1) is 0 Å². The van der Waals surface area contributed by atoms with Gasteiger partial charge in [-0.25, -0.2) is 4.79 Å². The van der Waals surface area contributed by atoms with E-state index < -0.39 is 6.09 Å². The molecule has 108 valence electrons. The first-order valence-electron chi connectivity index (χ1n) is 7.31. The Balaban J connectivity index is 1.58. The largest absolute Gasteiger partial charge is 0.465 e. The second kappa shape index (κ2) is 5.31. The Kier molecular flexibility index (Phi) is 3.51. The third kappa shape index (κ3) is 2.57. The summed E-state index contributed by atoms with van der Waals surface area (Å²) in [7, 11) is 0. The fraction of sp³-hybridized carbons (Fsp3) is 0.600. The minimum Gasteiger partial charge on any atom is -0.465 e. The highest BCUT2D eigenvalue weighted by Gasteiger charge is 2.38. The SMILES string of the molecule is O=C(O)N1CCC2(CC1)CCN(c1ccncc1)CC2. The van der Waals surface area contributed by atoms with E-state index in [0.29, 0.717) is 18.5 Å². The predicted molar refractivity (Wildman–Crippen MR) is 76.9 cm³/mol. The molecule has 0 unspecified atom stereocenters. The van der Waals surface area contributed by atoms with Gasteiger partial charge in [0.1, 0.15) is 0 Å². The molecule has 0 saturated carbocycles. The van der Waals surface area contributed by atoms with Crippen molar-refractivity contribution < 1.29 is 9.90 Å². The van der Waals surface area contributed by atoms with Crippen LogP contribution in [0.15, 0.2) is 24.5 Å². The maximum absolute atomic E-state index is 11.0. The van der Waals surface area contributed by atoms with Gasteiger partial charge in [0.25, 0.3) is 0 Å². The van der Waals surface area contributed by atoms with Gasteiger partial charge in [-0.1, -0.05) is 0 Å². The molecule has 1 N–H and O–H groups in total. The first-order chi connectivity index (χ1) is 9.69. The van der Waals surface area contributed by atoms with Crippen molar-refractivity contribution in [1.82, 2.24) is 9.88 Å². The zero-order valence-electron chi connectivity index (χ0n) is 11.7. The number of rotatable bonds is 1. The fourth-order valence-corrected chi connectivity index (χ4v) is 3.47. The summed E-state index contributed by atoms with van der Waals surface area (Å²) >= 11 is 0. The van der Waals surface area contributed by atoms with Crippen LogP contribution < -0.4 is 4.90 Å². The molecule has 2 saturated heterocycles. The van der Waals surface area contributed by atoms with Gasteiger partial charge in [-0.2, -0.15) is 0 Å². The summed E-state index contributed by atoms with van der Waals surface area (Å²) in [6, 6.07) is 4.12. The number of anilines is 1. The van der Waals surface area contributed by atoms with Crippen LogP contribution in [0.25, 0.3) is 0 Å². The van der Waals surface area contributed by atoms with Crippen molar-refractivity contribution in [2.75, 3.05) is 31.1 Å². The van der Waals surface area contributed by atoms with E-state index in [1.54, 1.807) is 4.90 Å². The molecule has 1 spiro atoms. The predicted octanol–water partition coefficient (Wildman–Crippen LogP) is 2.44. The molecular formula is C15H21N3O2. The summed E-state index contributed by atoms with van der Waals surface area (Å²) in [4.78, 5) is 19.0. The Morgan fingerprint density at radius 2 is 1.60 bits per heavy atom. The zero-order valence-corrected chi connectivity index (χ0v) is 11.7. The molecule has 1 aromatic rings. The Labute approximate surface area is 119 Å². The van der Waals surface area contributed by atoms with Gasteiger partial charge in [0.2, 0.25) is 0 Å². The van der Waals surface area contributed by atoms with Gasteiger partial charge >= 0.3 is 6.09 Å². The number of aromatic nitrogens is 1. The monoisotopic (exact) mass is 275 g/mol. The van der Waals surface area contributed by atoms with Gasteiger partial charge in [0.15, 0.2) is 0 Å². The van der Waals surface area contributed by atoms with Crippen molar-refractivity contribution in [2.24, 2.45) is 5.41 Å². The molecule has 1 amide bonds. The first-order valence-corrected chi connectivity index (χ1v) is 7.31. The van der Waals surface area contributed by atoms with E-state index in [0.717, 1.165) is 25.9 Å². The molecule has 0 aliphatic carbocycles. The molecule has 1 aromatic heterocycles. The quantitative estimate of drug-likeness (QED) is 0.855. The normalized spacial score (nSPS) is 22.0.